The molecule has 2 rings (SSSR count). The van der Waals surface area contributed by atoms with E-state index in [4.69, 9.17) is 5.11 Å². The average molecular weight is 211 g/mol. The third-order valence-corrected chi connectivity index (χ3v) is 3.59. The maximum atomic E-state index is 11.5. The molecule has 1 heterocycles. The molecule has 1 saturated carbocycles. The molecular formula is C11H17NO3. The summed E-state index contributed by atoms with van der Waals surface area (Å²) in [5.41, 5.74) is 0. The van der Waals surface area contributed by atoms with Crippen LogP contribution in [0.15, 0.2) is 0 Å². The first kappa shape index (κ1) is 10.5. The summed E-state index contributed by atoms with van der Waals surface area (Å²) in [6.07, 6.45) is 3.77. The fraction of sp³-hybridized carbons (Fsp3) is 0.818. The second-order valence-electron chi connectivity index (χ2n) is 4.73. The van der Waals surface area contributed by atoms with Gasteiger partial charge in [-0.25, -0.2) is 0 Å². The average Bonchev–Trinajstić information content (AvgIpc) is 2.94. The second-order valence-corrected chi connectivity index (χ2v) is 4.73. The predicted octanol–water partition coefficient (Wildman–Crippen LogP) is 1.11. The van der Waals surface area contributed by atoms with E-state index in [0.29, 0.717) is 12.3 Å². The van der Waals surface area contributed by atoms with Gasteiger partial charge in [0.15, 0.2) is 0 Å². The van der Waals surface area contributed by atoms with Gasteiger partial charge in [-0.1, -0.05) is 0 Å². The molecule has 0 aromatic carbocycles. The molecule has 0 aromatic heterocycles. The molecule has 0 bridgehead atoms. The van der Waals surface area contributed by atoms with Gasteiger partial charge >= 0.3 is 5.97 Å². The largest absolute Gasteiger partial charge is 0.481 e. The maximum Gasteiger partial charge on any atom is 0.303 e. The monoisotopic (exact) mass is 211 g/mol. The summed E-state index contributed by atoms with van der Waals surface area (Å²) in [6, 6.07) is 0.183. The van der Waals surface area contributed by atoms with E-state index in [0.717, 1.165) is 19.3 Å². The number of amides is 1. The van der Waals surface area contributed by atoms with Crippen LogP contribution < -0.4 is 0 Å². The van der Waals surface area contributed by atoms with Crippen molar-refractivity contribution >= 4 is 11.9 Å². The van der Waals surface area contributed by atoms with Crippen molar-refractivity contribution < 1.29 is 14.7 Å². The highest BCUT2D eigenvalue weighted by Gasteiger charge is 2.43. The van der Waals surface area contributed by atoms with E-state index >= 15 is 0 Å². The molecule has 2 fully saturated rings. The lowest BCUT2D eigenvalue weighted by Crippen LogP contribution is -2.48. The van der Waals surface area contributed by atoms with E-state index in [1.54, 1.807) is 4.90 Å². The van der Waals surface area contributed by atoms with Crippen molar-refractivity contribution in [1.82, 2.24) is 4.90 Å². The molecule has 2 aliphatic rings. The molecule has 1 N–H and O–H groups in total. The van der Waals surface area contributed by atoms with Crippen LogP contribution in [-0.2, 0) is 9.59 Å². The van der Waals surface area contributed by atoms with Crippen LogP contribution in [0, 0.1) is 11.8 Å². The van der Waals surface area contributed by atoms with Gasteiger partial charge in [-0.3, -0.25) is 9.59 Å². The van der Waals surface area contributed by atoms with Crippen LogP contribution in [0.4, 0.5) is 0 Å². The summed E-state index contributed by atoms with van der Waals surface area (Å²) in [6.45, 7) is 0. The fourth-order valence-corrected chi connectivity index (χ4v) is 2.72. The number of carbonyl (C=O) groups excluding carboxylic acids is 1. The number of hydrogen-bond donors (Lipinski definition) is 1. The summed E-state index contributed by atoms with van der Waals surface area (Å²) in [7, 11) is 1.82. The highest BCUT2D eigenvalue weighted by molar-refractivity contribution is 5.77. The summed E-state index contributed by atoms with van der Waals surface area (Å²) >= 11 is 0. The van der Waals surface area contributed by atoms with Gasteiger partial charge in [0.2, 0.25) is 5.91 Å². The summed E-state index contributed by atoms with van der Waals surface area (Å²) < 4.78 is 0. The molecule has 0 unspecified atom stereocenters. The van der Waals surface area contributed by atoms with Crippen molar-refractivity contribution in [3.63, 3.8) is 0 Å². The predicted molar refractivity (Wildman–Crippen MR) is 54.3 cm³/mol. The maximum absolute atomic E-state index is 11.5. The van der Waals surface area contributed by atoms with E-state index in [1.807, 2.05) is 7.05 Å². The Labute approximate surface area is 89.3 Å². The van der Waals surface area contributed by atoms with Crippen molar-refractivity contribution in [3.05, 3.63) is 0 Å². The van der Waals surface area contributed by atoms with Crippen LogP contribution >= 0.6 is 0 Å². The van der Waals surface area contributed by atoms with Crippen molar-refractivity contribution in [1.29, 1.82) is 0 Å². The van der Waals surface area contributed by atoms with Gasteiger partial charge in [0, 0.05) is 19.5 Å². The molecule has 84 valence electrons. The topological polar surface area (TPSA) is 57.6 Å². The lowest BCUT2D eigenvalue weighted by Gasteiger charge is -2.38. The molecule has 2 atom stereocenters. The highest BCUT2D eigenvalue weighted by atomic mass is 16.4. The molecular weight excluding hydrogens is 194 g/mol. The van der Waals surface area contributed by atoms with Crippen molar-refractivity contribution in [3.8, 4) is 0 Å². The van der Waals surface area contributed by atoms with E-state index in [2.05, 4.69) is 0 Å². The fourth-order valence-electron chi connectivity index (χ4n) is 2.72. The molecule has 4 heteroatoms. The number of piperidine rings is 1. The van der Waals surface area contributed by atoms with Gasteiger partial charge in [0.25, 0.3) is 0 Å². The lowest BCUT2D eigenvalue weighted by molar-refractivity contribution is -0.144. The quantitative estimate of drug-likeness (QED) is 0.760. The molecule has 1 aliphatic heterocycles. The van der Waals surface area contributed by atoms with Gasteiger partial charge < -0.3 is 10.0 Å². The molecule has 0 spiro atoms. The smallest absolute Gasteiger partial charge is 0.303 e. The van der Waals surface area contributed by atoms with Gasteiger partial charge in [-0.2, -0.15) is 0 Å². The third kappa shape index (κ3) is 2.13. The number of nitrogens with zero attached hydrogens (tertiary/aromatic N) is 1. The summed E-state index contributed by atoms with van der Waals surface area (Å²) in [5, 5.41) is 8.83. The second kappa shape index (κ2) is 3.83. The van der Waals surface area contributed by atoms with Crippen LogP contribution in [0.25, 0.3) is 0 Å². The standard InChI is InChI=1S/C11H17NO3/c1-12-9(13)5-4-8(6-10(14)15)11(12)7-2-3-7/h7-8,11H,2-6H2,1H3,(H,14,15)/t8-,11-/m1/s1. The normalized spacial score (nSPS) is 31.8. The first-order chi connectivity index (χ1) is 7.09. The number of likely N-dealkylation sites (tertiary alicyclic amines) is 1. The number of rotatable bonds is 3. The van der Waals surface area contributed by atoms with Gasteiger partial charge in [0.1, 0.15) is 0 Å². The minimum Gasteiger partial charge on any atom is -0.481 e. The highest BCUT2D eigenvalue weighted by Crippen LogP contribution is 2.42. The van der Waals surface area contributed by atoms with E-state index in [1.165, 1.54) is 0 Å². The number of carboxylic acids is 1. The minimum atomic E-state index is -0.742. The Balaban J connectivity index is 2.07. The number of carbonyl (C=O) groups is 2. The van der Waals surface area contributed by atoms with Crippen LogP contribution in [-0.4, -0.2) is 35.0 Å². The summed E-state index contributed by atoms with van der Waals surface area (Å²) in [5.74, 6) is 0.156. The zero-order chi connectivity index (χ0) is 11.0. The van der Waals surface area contributed by atoms with Gasteiger partial charge in [0.05, 0.1) is 6.42 Å². The third-order valence-electron chi connectivity index (χ3n) is 3.59. The van der Waals surface area contributed by atoms with Crippen LogP contribution in [0.1, 0.15) is 32.1 Å². The molecule has 0 radical (unpaired) electrons. The molecule has 0 aromatic rings. The van der Waals surface area contributed by atoms with Gasteiger partial charge in [-0.15, -0.1) is 0 Å². The Kier molecular flexibility index (Phi) is 2.67. The SMILES string of the molecule is CN1C(=O)CC[C@H](CC(=O)O)[C@H]1C1CC1. The van der Waals surface area contributed by atoms with Crippen LogP contribution in [0.2, 0.25) is 0 Å². The zero-order valence-electron chi connectivity index (χ0n) is 8.98. The Hall–Kier alpha value is -1.06. The van der Waals surface area contributed by atoms with E-state index < -0.39 is 5.97 Å². The minimum absolute atomic E-state index is 0.165. The number of aliphatic carboxylic acids is 1. The molecule has 4 nitrogen and oxygen atoms in total. The van der Waals surface area contributed by atoms with Crippen LogP contribution in [0.3, 0.4) is 0 Å². The molecule has 15 heavy (non-hydrogen) atoms. The number of carboxylic acid groups (broad SMARTS) is 1. The Morgan fingerprint density at radius 2 is 2.13 bits per heavy atom. The first-order valence-electron chi connectivity index (χ1n) is 5.57. The Morgan fingerprint density at radius 3 is 2.67 bits per heavy atom. The summed E-state index contributed by atoms with van der Waals surface area (Å²) in [4.78, 5) is 24.1. The molecule has 1 aliphatic carbocycles. The molecule has 1 amide bonds. The number of hydrogen-bond acceptors (Lipinski definition) is 2. The zero-order valence-corrected chi connectivity index (χ0v) is 8.98. The van der Waals surface area contributed by atoms with Crippen molar-refractivity contribution in [2.75, 3.05) is 7.05 Å². The lowest BCUT2D eigenvalue weighted by atomic mass is 9.84. The van der Waals surface area contributed by atoms with Crippen LogP contribution in [0.5, 0.6) is 0 Å². The first-order valence-corrected chi connectivity index (χ1v) is 5.57. The Morgan fingerprint density at radius 1 is 1.47 bits per heavy atom. The van der Waals surface area contributed by atoms with E-state index in [9.17, 15) is 9.59 Å². The van der Waals surface area contributed by atoms with Crippen molar-refractivity contribution in [2.24, 2.45) is 11.8 Å². The van der Waals surface area contributed by atoms with E-state index in [-0.39, 0.29) is 24.3 Å². The van der Waals surface area contributed by atoms with Crippen molar-refractivity contribution in [2.45, 2.75) is 38.1 Å². The Bertz CT molecular complexity index is 286. The van der Waals surface area contributed by atoms with Gasteiger partial charge in [-0.05, 0) is 31.1 Å². The molecule has 1 saturated heterocycles.